The fourth-order valence-corrected chi connectivity index (χ4v) is 2.69. The van der Waals surface area contributed by atoms with E-state index in [1.807, 2.05) is 12.1 Å². The van der Waals surface area contributed by atoms with E-state index in [2.05, 4.69) is 15.0 Å². The highest BCUT2D eigenvalue weighted by Gasteiger charge is 2.33. The number of aryl methyl sites for hydroxylation is 2. The third kappa shape index (κ3) is 3.64. The van der Waals surface area contributed by atoms with E-state index in [0.29, 0.717) is 23.3 Å². The summed E-state index contributed by atoms with van der Waals surface area (Å²) in [5, 5.41) is -0.333. The Morgan fingerprint density at radius 3 is 2.52 bits per heavy atom. The van der Waals surface area contributed by atoms with Gasteiger partial charge in [-0.1, -0.05) is 11.6 Å². The van der Waals surface area contributed by atoms with Crippen LogP contribution in [-0.2, 0) is 19.0 Å². The second-order valence-corrected chi connectivity index (χ2v) is 5.65. The molecule has 0 amide bonds. The van der Waals surface area contributed by atoms with Crippen LogP contribution >= 0.6 is 11.6 Å². The van der Waals surface area contributed by atoms with Crippen LogP contribution in [0.15, 0.2) is 36.7 Å². The molecule has 2 aromatic heterocycles. The number of aromatic amines is 1. The van der Waals surface area contributed by atoms with Gasteiger partial charge >= 0.3 is 6.18 Å². The Morgan fingerprint density at radius 2 is 1.83 bits per heavy atom. The van der Waals surface area contributed by atoms with Gasteiger partial charge in [-0.15, -0.1) is 0 Å². The molecule has 0 saturated carbocycles. The Hall–Kier alpha value is -2.08. The predicted molar refractivity (Wildman–Crippen MR) is 82.4 cm³/mol. The third-order valence-electron chi connectivity index (χ3n) is 3.55. The van der Waals surface area contributed by atoms with Crippen molar-refractivity contribution < 1.29 is 13.2 Å². The lowest BCUT2D eigenvalue weighted by Gasteiger charge is -2.07. The topological polar surface area (TPSA) is 41.6 Å². The molecule has 3 nitrogen and oxygen atoms in total. The van der Waals surface area contributed by atoms with Gasteiger partial charge in [-0.2, -0.15) is 13.2 Å². The number of halogens is 4. The molecule has 0 spiro atoms. The van der Waals surface area contributed by atoms with Crippen molar-refractivity contribution in [1.29, 1.82) is 0 Å². The van der Waals surface area contributed by atoms with Gasteiger partial charge in [0.15, 0.2) is 0 Å². The highest BCUT2D eigenvalue weighted by atomic mass is 35.5. The summed E-state index contributed by atoms with van der Waals surface area (Å²) < 4.78 is 38.5. The first-order chi connectivity index (χ1) is 10.9. The Labute approximate surface area is 135 Å². The summed E-state index contributed by atoms with van der Waals surface area (Å²) in [6, 6.07) is 6.14. The third-order valence-corrected chi connectivity index (χ3v) is 3.87. The normalized spacial score (nSPS) is 12.0. The molecular weight excluding hydrogens is 327 g/mol. The van der Waals surface area contributed by atoms with Crippen molar-refractivity contribution >= 4 is 22.6 Å². The Morgan fingerprint density at radius 1 is 1.09 bits per heavy atom. The minimum atomic E-state index is -4.47. The van der Waals surface area contributed by atoms with Crippen LogP contribution in [0.5, 0.6) is 0 Å². The fourth-order valence-electron chi connectivity index (χ4n) is 2.43. The van der Waals surface area contributed by atoms with Gasteiger partial charge in [-0.25, -0.2) is 4.98 Å². The zero-order chi connectivity index (χ0) is 16.4. The summed E-state index contributed by atoms with van der Waals surface area (Å²) in [5.74, 6) is 0.657. The number of imidazole rings is 1. The molecule has 0 bridgehead atoms. The molecule has 23 heavy (non-hydrogen) atoms. The van der Waals surface area contributed by atoms with Crippen molar-refractivity contribution in [1.82, 2.24) is 15.0 Å². The van der Waals surface area contributed by atoms with Crippen molar-refractivity contribution in [2.24, 2.45) is 0 Å². The van der Waals surface area contributed by atoms with E-state index < -0.39 is 11.7 Å². The molecule has 7 heteroatoms. The molecule has 0 aliphatic rings. The van der Waals surface area contributed by atoms with Crippen LogP contribution in [0.25, 0.3) is 11.0 Å². The number of hydrogen-bond donors (Lipinski definition) is 1. The van der Waals surface area contributed by atoms with Crippen LogP contribution < -0.4 is 0 Å². The molecule has 0 atom stereocenters. The van der Waals surface area contributed by atoms with Crippen molar-refractivity contribution in [3.05, 3.63) is 58.6 Å². The molecule has 3 rings (SSSR count). The zero-order valence-electron chi connectivity index (χ0n) is 12.0. The van der Waals surface area contributed by atoms with Crippen LogP contribution in [-0.4, -0.2) is 15.0 Å². The first-order valence-corrected chi connectivity index (χ1v) is 7.45. The maximum absolute atomic E-state index is 12.8. The molecule has 0 aliphatic carbocycles. The molecule has 2 heterocycles. The van der Waals surface area contributed by atoms with Crippen molar-refractivity contribution in [2.45, 2.75) is 25.4 Å². The van der Waals surface area contributed by atoms with E-state index in [1.165, 1.54) is 11.6 Å². The number of nitrogens with one attached hydrogen (secondary N) is 1. The zero-order valence-corrected chi connectivity index (χ0v) is 12.7. The number of H-pyrrole nitrogens is 1. The number of alkyl halides is 3. The smallest absolute Gasteiger partial charge is 0.342 e. The molecule has 0 aliphatic heterocycles. The van der Waals surface area contributed by atoms with E-state index in [1.54, 1.807) is 12.4 Å². The number of fused-ring (bicyclic) bond motifs is 1. The summed E-state index contributed by atoms with van der Waals surface area (Å²) in [4.78, 5) is 11.2. The van der Waals surface area contributed by atoms with Crippen LogP contribution in [0, 0.1) is 0 Å². The summed E-state index contributed by atoms with van der Waals surface area (Å²) in [5.41, 5.74) is 1.11. The second kappa shape index (κ2) is 6.20. The summed E-state index contributed by atoms with van der Waals surface area (Å²) in [6.07, 6.45) is 1.33. The standard InChI is InChI=1S/C16H13ClF3N3/c17-12-9-14-13(8-11(12)16(18,19)20)22-15(23-14)3-1-2-10-4-6-21-7-5-10/h4-9H,1-3H2,(H,22,23). The van der Waals surface area contributed by atoms with E-state index in [9.17, 15) is 13.2 Å². The quantitative estimate of drug-likeness (QED) is 0.741. The maximum Gasteiger partial charge on any atom is 0.417 e. The average Bonchev–Trinajstić information content (AvgIpc) is 2.88. The van der Waals surface area contributed by atoms with Gasteiger partial charge in [0.05, 0.1) is 21.6 Å². The SMILES string of the molecule is FC(F)(F)c1cc2[nH]c(CCCc3ccncc3)nc2cc1Cl. The van der Waals surface area contributed by atoms with Gasteiger partial charge in [0.1, 0.15) is 5.82 Å². The number of aromatic nitrogens is 3. The number of hydrogen-bond acceptors (Lipinski definition) is 2. The van der Waals surface area contributed by atoms with Gasteiger partial charge in [0.2, 0.25) is 0 Å². The fraction of sp³-hybridized carbons (Fsp3) is 0.250. The van der Waals surface area contributed by atoms with Crippen LogP contribution in [0.1, 0.15) is 23.4 Å². The molecule has 120 valence electrons. The Balaban J connectivity index is 1.75. The molecule has 1 aromatic carbocycles. The summed E-state index contributed by atoms with van der Waals surface area (Å²) >= 11 is 5.70. The lowest BCUT2D eigenvalue weighted by atomic mass is 10.1. The van der Waals surface area contributed by atoms with Crippen molar-refractivity contribution in [3.8, 4) is 0 Å². The number of benzene rings is 1. The molecule has 0 unspecified atom stereocenters. The van der Waals surface area contributed by atoms with E-state index in [4.69, 9.17) is 11.6 Å². The molecule has 3 aromatic rings. The van der Waals surface area contributed by atoms with Crippen LogP contribution in [0.2, 0.25) is 5.02 Å². The number of nitrogens with zero attached hydrogens (tertiary/aromatic N) is 2. The van der Waals surface area contributed by atoms with E-state index in [-0.39, 0.29) is 5.02 Å². The average molecular weight is 340 g/mol. The minimum Gasteiger partial charge on any atom is -0.342 e. The van der Waals surface area contributed by atoms with Gasteiger partial charge in [0, 0.05) is 18.8 Å². The van der Waals surface area contributed by atoms with Crippen LogP contribution in [0.3, 0.4) is 0 Å². The Bertz CT molecular complexity index is 813. The van der Waals surface area contributed by atoms with Gasteiger partial charge < -0.3 is 4.98 Å². The number of rotatable bonds is 4. The molecular formula is C16H13ClF3N3. The largest absolute Gasteiger partial charge is 0.417 e. The molecule has 0 saturated heterocycles. The molecule has 0 radical (unpaired) electrons. The molecule has 0 fully saturated rings. The number of pyridine rings is 1. The van der Waals surface area contributed by atoms with E-state index >= 15 is 0 Å². The monoisotopic (exact) mass is 339 g/mol. The highest BCUT2D eigenvalue weighted by molar-refractivity contribution is 6.32. The Kier molecular flexibility index (Phi) is 4.26. The van der Waals surface area contributed by atoms with Gasteiger partial charge in [-0.05, 0) is 42.7 Å². The highest BCUT2D eigenvalue weighted by Crippen LogP contribution is 2.36. The first kappa shape index (κ1) is 15.8. The summed E-state index contributed by atoms with van der Waals surface area (Å²) in [7, 11) is 0. The van der Waals surface area contributed by atoms with E-state index in [0.717, 1.165) is 18.9 Å². The first-order valence-electron chi connectivity index (χ1n) is 7.08. The lowest BCUT2D eigenvalue weighted by molar-refractivity contribution is -0.137. The maximum atomic E-state index is 12.8. The van der Waals surface area contributed by atoms with Crippen LogP contribution in [0.4, 0.5) is 13.2 Å². The predicted octanol–water partition coefficient (Wildman–Crippen LogP) is 4.81. The van der Waals surface area contributed by atoms with Crippen molar-refractivity contribution in [3.63, 3.8) is 0 Å². The minimum absolute atomic E-state index is 0.333. The lowest BCUT2D eigenvalue weighted by Crippen LogP contribution is -2.05. The van der Waals surface area contributed by atoms with Gasteiger partial charge in [-0.3, -0.25) is 4.98 Å². The molecule has 1 N–H and O–H groups in total. The van der Waals surface area contributed by atoms with Gasteiger partial charge in [0.25, 0.3) is 0 Å². The summed E-state index contributed by atoms with van der Waals surface area (Å²) in [6.45, 7) is 0. The second-order valence-electron chi connectivity index (χ2n) is 5.24. The van der Waals surface area contributed by atoms with Crippen molar-refractivity contribution in [2.75, 3.05) is 0 Å².